The smallest absolute Gasteiger partial charge is 0.325 e. The van der Waals surface area contributed by atoms with Gasteiger partial charge in [0, 0.05) is 11.3 Å². The molecule has 0 aliphatic heterocycles. The van der Waals surface area contributed by atoms with Crippen LogP contribution in [0.1, 0.15) is 17.7 Å². The van der Waals surface area contributed by atoms with Crippen molar-refractivity contribution in [2.45, 2.75) is 25.8 Å². The molecule has 0 atom stereocenters. The second-order valence-corrected chi connectivity index (χ2v) is 3.21. The van der Waals surface area contributed by atoms with Gasteiger partial charge in [-0.25, -0.2) is 4.68 Å². The van der Waals surface area contributed by atoms with Crippen molar-refractivity contribution in [3.63, 3.8) is 0 Å². The third kappa shape index (κ3) is 1.26. The highest BCUT2D eigenvalue weighted by atomic mass is 16.4. The topological polar surface area (TPSA) is 75.1 Å². The Morgan fingerprint density at radius 3 is 2.92 bits per heavy atom. The number of nitrogens with one attached hydrogen (secondary N) is 1. The number of aromatic amines is 1. The summed E-state index contributed by atoms with van der Waals surface area (Å²) in [5.41, 5.74) is 1.50. The van der Waals surface area contributed by atoms with Gasteiger partial charge < -0.3 is 5.11 Å². The lowest BCUT2D eigenvalue weighted by molar-refractivity contribution is -0.137. The van der Waals surface area contributed by atoms with E-state index in [1.807, 2.05) is 0 Å². The number of carbonyl (C=O) groups is 1. The van der Waals surface area contributed by atoms with Crippen LogP contribution in [0.3, 0.4) is 0 Å². The molecule has 1 heterocycles. The van der Waals surface area contributed by atoms with Crippen LogP contribution in [-0.2, 0) is 24.2 Å². The molecular weight excluding hydrogens is 172 g/mol. The minimum atomic E-state index is -0.998. The Morgan fingerprint density at radius 2 is 2.31 bits per heavy atom. The number of carboxylic acids is 1. The van der Waals surface area contributed by atoms with Crippen LogP contribution < -0.4 is 5.56 Å². The second-order valence-electron chi connectivity index (χ2n) is 3.21. The van der Waals surface area contributed by atoms with Gasteiger partial charge in [0.2, 0.25) is 0 Å². The van der Waals surface area contributed by atoms with Gasteiger partial charge in [-0.3, -0.25) is 14.7 Å². The lowest BCUT2D eigenvalue weighted by Crippen LogP contribution is -2.23. The van der Waals surface area contributed by atoms with E-state index in [1.165, 1.54) is 0 Å². The number of fused-ring (bicyclic) bond motifs is 1. The fourth-order valence-corrected chi connectivity index (χ4v) is 1.73. The summed E-state index contributed by atoms with van der Waals surface area (Å²) in [5.74, 6) is -0.998. The van der Waals surface area contributed by atoms with E-state index < -0.39 is 5.97 Å². The zero-order valence-electron chi connectivity index (χ0n) is 7.04. The van der Waals surface area contributed by atoms with Crippen molar-refractivity contribution in [1.82, 2.24) is 9.78 Å². The molecule has 1 aliphatic carbocycles. The van der Waals surface area contributed by atoms with E-state index in [4.69, 9.17) is 5.11 Å². The van der Waals surface area contributed by atoms with E-state index in [9.17, 15) is 9.59 Å². The number of rotatable bonds is 2. The minimum Gasteiger partial charge on any atom is -0.480 e. The molecule has 1 aromatic rings. The Balaban J connectivity index is 2.39. The standard InChI is InChI=1S/C8H10N2O3/c11-7(12)4-10-8(13)5-2-1-3-6(5)9-10/h9H,1-4H2,(H,11,12). The molecule has 0 radical (unpaired) electrons. The zero-order valence-corrected chi connectivity index (χ0v) is 7.04. The maximum Gasteiger partial charge on any atom is 0.325 e. The molecule has 1 aliphatic rings. The predicted molar refractivity (Wildman–Crippen MR) is 44.7 cm³/mol. The molecule has 5 nitrogen and oxygen atoms in total. The van der Waals surface area contributed by atoms with Gasteiger partial charge >= 0.3 is 5.97 Å². The van der Waals surface area contributed by atoms with Crippen LogP contribution in [0.2, 0.25) is 0 Å². The van der Waals surface area contributed by atoms with E-state index in [0.29, 0.717) is 0 Å². The largest absolute Gasteiger partial charge is 0.480 e. The first-order valence-electron chi connectivity index (χ1n) is 4.21. The molecule has 0 bridgehead atoms. The summed E-state index contributed by atoms with van der Waals surface area (Å²) in [4.78, 5) is 21.8. The molecule has 0 fully saturated rings. The first kappa shape index (κ1) is 8.10. The van der Waals surface area contributed by atoms with Gasteiger partial charge in [-0.05, 0) is 19.3 Å². The van der Waals surface area contributed by atoms with Crippen LogP contribution in [0.4, 0.5) is 0 Å². The Labute approximate surface area is 74.0 Å². The molecule has 0 saturated carbocycles. The van der Waals surface area contributed by atoms with Crippen LogP contribution in [-0.4, -0.2) is 20.9 Å². The van der Waals surface area contributed by atoms with Crippen molar-refractivity contribution in [1.29, 1.82) is 0 Å². The van der Waals surface area contributed by atoms with E-state index in [1.54, 1.807) is 0 Å². The predicted octanol–water partition coefficient (Wildman–Crippen LogP) is -0.250. The summed E-state index contributed by atoms with van der Waals surface area (Å²) in [6, 6.07) is 0. The quantitative estimate of drug-likeness (QED) is 0.662. The molecule has 13 heavy (non-hydrogen) atoms. The molecule has 1 aromatic heterocycles. The number of nitrogens with zero attached hydrogens (tertiary/aromatic N) is 1. The molecule has 70 valence electrons. The van der Waals surface area contributed by atoms with Crippen molar-refractivity contribution in [3.8, 4) is 0 Å². The average Bonchev–Trinajstić information content (AvgIpc) is 2.56. The first-order valence-corrected chi connectivity index (χ1v) is 4.21. The summed E-state index contributed by atoms with van der Waals surface area (Å²) in [6.45, 7) is -0.272. The molecule has 5 heteroatoms. The summed E-state index contributed by atoms with van der Waals surface area (Å²) in [7, 11) is 0. The number of aryl methyl sites for hydroxylation is 1. The zero-order chi connectivity index (χ0) is 9.42. The second kappa shape index (κ2) is 2.76. The number of H-pyrrole nitrogens is 1. The van der Waals surface area contributed by atoms with Gasteiger partial charge in [0.25, 0.3) is 5.56 Å². The summed E-state index contributed by atoms with van der Waals surface area (Å²) < 4.78 is 1.16. The maximum atomic E-state index is 11.5. The number of hydrogen-bond acceptors (Lipinski definition) is 2. The Morgan fingerprint density at radius 1 is 1.54 bits per heavy atom. The van der Waals surface area contributed by atoms with Gasteiger partial charge in [-0.1, -0.05) is 0 Å². The Kier molecular flexibility index (Phi) is 1.72. The fourth-order valence-electron chi connectivity index (χ4n) is 1.73. The molecule has 2 N–H and O–H groups in total. The first-order chi connectivity index (χ1) is 6.18. The van der Waals surface area contributed by atoms with E-state index in [2.05, 4.69) is 5.10 Å². The number of carboxylic acid groups (broad SMARTS) is 1. The third-order valence-corrected chi connectivity index (χ3v) is 2.28. The third-order valence-electron chi connectivity index (χ3n) is 2.28. The van der Waals surface area contributed by atoms with Gasteiger partial charge in [0.05, 0.1) is 0 Å². The van der Waals surface area contributed by atoms with Gasteiger partial charge in [-0.15, -0.1) is 0 Å². The highest BCUT2D eigenvalue weighted by molar-refractivity contribution is 5.66. The molecule has 0 aromatic carbocycles. The SMILES string of the molecule is O=C(O)Cn1[nH]c2c(c1=O)CCC2. The lowest BCUT2D eigenvalue weighted by Gasteiger charge is -1.96. The molecule has 0 amide bonds. The van der Waals surface area contributed by atoms with Crippen molar-refractivity contribution in [2.24, 2.45) is 0 Å². The summed E-state index contributed by atoms with van der Waals surface area (Å²) in [6.07, 6.45) is 2.62. The van der Waals surface area contributed by atoms with Crippen molar-refractivity contribution >= 4 is 5.97 Å². The van der Waals surface area contributed by atoms with Gasteiger partial charge in [-0.2, -0.15) is 0 Å². The normalized spacial score (nSPS) is 14.5. The number of aromatic nitrogens is 2. The average molecular weight is 182 g/mol. The van der Waals surface area contributed by atoms with Gasteiger partial charge in [0.1, 0.15) is 6.54 Å². The van der Waals surface area contributed by atoms with Crippen LogP contribution in [0.5, 0.6) is 0 Å². The van der Waals surface area contributed by atoms with Crippen LogP contribution in [0.25, 0.3) is 0 Å². The highest BCUT2D eigenvalue weighted by Crippen LogP contribution is 2.15. The Hall–Kier alpha value is -1.52. The number of aliphatic carboxylic acids is 1. The molecule has 2 rings (SSSR count). The number of hydrogen-bond donors (Lipinski definition) is 2. The summed E-state index contributed by atoms with van der Waals surface area (Å²) in [5, 5.41) is 11.3. The Bertz CT molecular complexity index is 402. The van der Waals surface area contributed by atoms with Crippen molar-refractivity contribution in [3.05, 3.63) is 21.6 Å². The lowest BCUT2D eigenvalue weighted by atomic mass is 10.3. The molecule has 0 saturated heterocycles. The van der Waals surface area contributed by atoms with Crippen LogP contribution in [0, 0.1) is 0 Å². The van der Waals surface area contributed by atoms with E-state index in [-0.39, 0.29) is 12.1 Å². The minimum absolute atomic E-state index is 0.171. The maximum absolute atomic E-state index is 11.5. The monoisotopic (exact) mass is 182 g/mol. The highest BCUT2D eigenvalue weighted by Gasteiger charge is 2.19. The van der Waals surface area contributed by atoms with E-state index in [0.717, 1.165) is 35.2 Å². The molecular formula is C8H10N2O3. The fraction of sp³-hybridized carbons (Fsp3) is 0.500. The van der Waals surface area contributed by atoms with Crippen molar-refractivity contribution < 1.29 is 9.90 Å². The van der Waals surface area contributed by atoms with Gasteiger partial charge in [0.15, 0.2) is 0 Å². The van der Waals surface area contributed by atoms with Crippen LogP contribution >= 0.6 is 0 Å². The van der Waals surface area contributed by atoms with Crippen molar-refractivity contribution in [2.75, 3.05) is 0 Å². The summed E-state index contributed by atoms with van der Waals surface area (Å²) >= 11 is 0. The van der Waals surface area contributed by atoms with E-state index >= 15 is 0 Å². The molecule has 0 unspecified atom stereocenters. The van der Waals surface area contributed by atoms with Crippen LogP contribution in [0.15, 0.2) is 4.79 Å². The molecule has 0 spiro atoms.